The van der Waals surface area contributed by atoms with E-state index in [0.717, 1.165) is 5.57 Å². The minimum absolute atomic E-state index is 0. The molecule has 6 heteroatoms. The summed E-state index contributed by atoms with van der Waals surface area (Å²) in [6.45, 7) is 11.2. The molecule has 0 aliphatic carbocycles. The first-order valence-electron chi connectivity index (χ1n) is 7.27. The Bertz CT molecular complexity index is 471. The minimum atomic E-state index is -1.11. The van der Waals surface area contributed by atoms with Crippen LogP contribution in [0.15, 0.2) is 47.1 Å². The quantitative estimate of drug-likeness (QED) is 0.277. The van der Waals surface area contributed by atoms with Gasteiger partial charge in [0.1, 0.15) is 0 Å². The maximum absolute atomic E-state index is 10.4. The van der Waals surface area contributed by atoms with Crippen LogP contribution in [0, 0.1) is 5.92 Å². The van der Waals surface area contributed by atoms with Gasteiger partial charge in [0.2, 0.25) is 0 Å². The van der Waals surface area contributed by atoms with Crippen LogP contribution in [0.25, 0.3) is 0 Å². The van der Waals surface area contributed by atoms with Gasteiger partial charge in [-0.05, 0) is 44.3 Å². The molecule has 0 heterocycles. The van der Waals surface area contributed by atoms with E-state index in [-0.39, 0.29) is 76.2 Å². The molecule has 24 heavy (non-hydrogen) atoms. The summed E-state index contributed by atoms with van der Waals surface area (Å²) in [5.74, 6) is -1.98. The van der Waals surface area contributed by atoms with E-state index < -0.39 is 11.9 Å². The SMILES string of the molecule is C/C=C\C(=C/C(C)C)C(=O)[O-].CC/C=C(\C=C(C)C)C(=O)[O-].[Na+].[Na+]. The van der Waals surface area contributed by atoms with Crippen molar-refractivity contribution in [2.45, 2.75) is 48.0 Å². The van der Waals surface area contributed by atoms with E-state index in [2.05, 4.69) is 0 Å². The van der Waals surface area contributed by atoms with Gasteiger partial charge in [-0.3, -0.25) is 0 Å². The molecular weight excluding hydrogens is 326 g/mol. The average Bonchev–Trinajstić information content (AvgIpc) is 2.37. The van der Waals surface area contributed by atoms with Crippen molar-refractivity contribution in [3.8, 4) is 0 Å². The Balaban J connectivity index is -0.000000154. The van der Waals surface area contributed by atoms with Crippen molar-refractivity contribution in [3.63, 3.8) is 0 Å². The van der Waals surface area contributed by atoms with Crippen LogP contribution in [0.5, 0.6) is 0 Å². The smallest absolute Gasteiger partial charge is 0.545 e. The van der Waals surface area contributed by atoms with Crippen molar-refractivity contribution < 1.29 is 78.9 Å². The molecule has 0 rings (SSSR count). The molecule has 4 nitrogen and oxygen atoms in total. The number of rotatable bonds is 6. The molecule has 0 N–H and O–H groups in total. The Labute approximate surface area is 190 Å². The second kappa shape index (κ2) is 19.2. The third-order valence-corrected chi connectivity index (χ3v) is 2.20. The molecule has 0 amide bonds. The number of aliphatic carboxylic acids is 2. The van der Waals surface area contributed by atoms with E-state index >= 15 is 0 Å². The van der Waals surface area contributed by atoms with Crippen LogP contribution < -0.4 is 69.3 Å². The maximum Gasteiger partial charge on any atom is 1.00 e. The van der Waals surface area contributed by atoms with Crippen LogP contribution >= 0.6 is 0 Å². The monoisotopic (exact) mass is 352 g/mol. The summed E-state index contributed by atoms with van der Waals surface area (Å²) in [5.41, 5.74) is 1.49. The molecule has 124 valence electrons. The van der Waals surface area contributed by atoms with Gasteiger partial charge in [-0.2, -0.15) is 0 Å². The Morgan fingerprint density at radius 3 is 1.71 bits per heavy atom. The Hall–Kier alpha value is -0.1000. The molecule has 0 saturated heterocycles. The normalized spacial score (nSPS) is 11.0. The molecule has 0 radical (unpaired) electrons. The summed E-state index contributed by atoms with van der Waals surface area (Å²) < 4.78 is 0. The maximum atomic E-state index is 10.4. The molecule has 0 spiro atoms. The second-order valence-corrected chi connectivity index (χ2v) is 5.23. The summed E-state index contributed by atoms with van der Waals surface area (Å²) in [5, 5.41) is 20.8. The molecule has 0 saturated carbocycles. The Morgan fingerprint density at radius 1 is 1.00 bits per heavy atom. The molecule has 0 aliphatic heterocycles. The zero-order chi connectivity index (χ0) is 17.7. The molecule has 0 bridgehead atoms. The van der Waals surface area contributed by atoms with Gasteiger partial charge >= 0.3 is 59.1 Å². The summed E-state index contributed by atoms with van der Waals surface area (Å²) in [6.07, 6.45) is 8.85. The molecule has 0 aromatic rings. The van der Waals surface area contributed by atoms with E-state index in [1.807, 2.05) is 34.6 Å². The zero-order valence-corrected chi connectivity index (χ0v) is 20.3. The van der Waals surface area contributed by atoms with Gasteiger partial charge in [-0.25, -0.2) is 0 Å². The zero-order valence-electron chi connectivity index (χ0n) is 16.3. The summed E-state index contributed by atoms with van der Waals surface area (Å²) in [6, 6.07) is 0. The predicted octanol–water partition coefficient (Wildman–Crippen LogP) is -4.06. The van der Waals surface area contributed by atoms with E-state index in [9.17, 15) is 19.8 Å². The third kappa shape index (κ3) is 19.9. The molecule has 0 atom stereocenters. The van der Waals surface area contributed by atoms with Crippen LogP contribution in [0.3, 0.4) is 0 Å². The van der Waals surface area contributed by atoms with Gasteiger partial charge in [-0.15, -0.1) is 0 Å². The van der Waals surface area contributed by atoms with Gasteiger partial charge in [0, 0.05) is 0 Å². The van der Waals surface area contributed by atoms with Crippen molar-refractivity contribution in [2.75, 3.05) is 0 Å². The molecular formula is C18H26Na2O4. The number of hydrogen-bond donors (Lipinski definition) is 0. The van der Waals surface area contributed by atoms with Crippen molar-refractivity contribution in [3.05, 3.63) is 47.1 Å². The van der Waals surface area contributed by atoms with Crippen molar-refractivity contribution >= 4 is 11.9 Å². The fraction of sp³-hybridized carbons (Fsp3) is 0.444. The minimum Gasteiger partial charge on any atom is -0.545 e. The average molecular weight is 352 g/mol. The first-order chi connectivity index (χ1) is 10.1. The summed E-state index contributed by atoms with van der Waals surface area (Å²) >= 11 is 0. The number of carbonyl (C=O) groups excluding carboxylic acids is 2. The third-order valence-electron chi connectivity index (χ3n) is 2.20. The molecule has 0 fully saturated rings. The van der Waals surface area contributed by atoms with Crippen molar-refractivity contribution in [1.82, 2.24) is 0 Å². The number of carboxylic acid groups (broad SMARTS) is 2. The van der Waals surface area contributed by atoms with Gasteiger partial charge in [0.25, 0.3) is 0 Å². The number of carboxylic acids is 2. The van der Waals surface area contributed by atoms with Crippen LogP contribution in [-0.2, 0) is 9.59 Å². The number of hydrogen-bond acceptors (Lipinski definition) is 4. The van der Waals surface area contributed by atoms with E-state index in [1.165, 1.54) is 6.08 Å². The van der Waals surface area contributed by atoms with Gasteiger partial charge in [0.05, 0.1) is 11.9 Å². The topological polar surface area (TPSA) is 80.3 Å². The fourth-order valence-corrected chi connectivity index (χ4v) is 1.46. The van der Waals surface area contributed by atoms with Crippen LogP contribution in [-0.4, -0.2) is 11.9 Å². The first kappa shape index (κ1) is 31.6. The van der Waals surface area contributed by atoms with Crippen LogP contribution in [0.4, 0.5) is 0 Å². The summed E-state index contributed by atoms with van der Waals surface area (Å²) in [4.78, 5) is 20.8. The predicted molar refractivity (Wildman–Crippen MR) is 85.6 cm³/mol. The van der Waals surface area contributed by atoms with E-state index in [4.69, 9.17) is 0 Å². The molecule has 0 aliphatic rings. The van der Waals surface area contributed by atoms with Crippen LogP contribution in [0.2, 0.25) is 0 Å². The van der Waals surface area contributed by atoms with Crippen molar-refractivity contribution in [2.24, 2.45) is 5.92 Å². The molecule has 0 aromatic carbocycles. The van der Waals surface area contributed by atoms with Gasteiger partial charge in [-0.1, -0.05) is 56.7 Å². The largest absolute Gasteiger partial charge is 1.00 e. The number of allylic oxidation sites excluding steroid dienone is 4. The fourth-order valence-electron chi connectivity index (χ4n) is 1.46. The van der Waals surface area contributed by atoms with Gasteiger partial charge < -0.3 is 19.8 Å². The van der Waals surface area contributed by atoms with E-state index in [1.54, 1.807) is 31.2 Å². The molecule has 0 unspecified atom stereocenters. The second-order valence-electron chi connectivity index (χ2n) is 5.23. The van der Waals surface area contributed by atoms with Crippen LogP contribution in [0.1, 0.15) is 48.0 Å². The number of carbonyl (C=O) groups is 2. The van der Waals surface area contributed by atoms with E-state index in [0.29, 0.717) is 6.42 Å². The first-order valence-corrected chi connectivity index (χ1v) is 7.27. The van der Waals surface area contributed by atoms with Crippen molar-refractivity contribution in [1.29, 1.82) is 0 Å². The summed E-state index contributed by atoms with van der Waals surface area (Å²) in [7, 11) is 0. The Kier molecular flexibility index (Phi) is 25.4. The molecule has 0 aromatic heterocycles. The van der Waals surface area contributed by atoms with Gasteiger partial charge in [0.15, 0.2) is 0 Å². The standard InChI is InChI=1S/2C9H14O2.2Na/c2*1-4-5-8(9(10)11)6-7(2)3;;/h5-6H,4H2,1-3H3,(H,10,11);4-7H,1-3H3,(H,10,11);;/q;;2*+1/p-2/b8-5+;5-4-,8-6+;;. The Morgan fingerprint density at radius 2 is 1.46 bits per heavy atom.